The lowest BCUT2D eigenvalue weighted by atomic mass is 10.2. The maximum absolute atomic E-state index is 12.9. The van der Waals surface area contributed by atoms with Gasteiger partial charge in [0, 0.05) is 39.3 Å². The Balaban J connectivity index is 1.38. The molecule has 0 spiro atoms. The summed E-state index contributed by atoms with van der Waals surface area (Å²) in [6, 6.07) is 13.5. The quantitative estimate of drug-likeness (QED) is 0.710. The second-order valence-corrected chi connectivity index (χ2v) is 7.52. The Bertz CT molecular complexity index is 858. The van der Waals surface area contributed by atoms with Crippen molar-refractivity contribution in [3.63, 3.8) is 0 Å². The van der Waals surface area contributed by atoms with Crippen LogP contribution in [0.4, 0.5) is 9.18 Å². The molecule has 3 amide bonds. The molecule has 0 atom stereocenters. The molecule has 1 fully saturated rings. The van der Waals surface area contributed by atoms with E-state index in [1.54, 1.807) is 24.1 Å². The summed E-state index contributed by atoms with van der Waals surface area (Å²) in [5, 5.41) is 5.27. The SMILES string of the molecule is COc1ccc(CN2CCCN(C(=O)CNC(=O)NCc3ccc(F)cc3)CC2)cc1. The van der Waals surface area contributed by atoms with Crippen LogP contribution in [0.5, 0.6) is 5.75 Å². The van der Waals surface area contributed by atoms with Gasteiger partial charge in [0.1, 0.15) is 11.6 Å². The highest BCUT2D eigenvalue weighted by atomic mass is 19.1. The summed E-state index contributed by atoms with van der Waals surface area (Å²) >= 11 is 0. The monoisotopic (exact) mass is 428 g/mol. The minimum Gasteiger partial charge on any atom is -0.497 e. The smallest absolute Gasteiger partial charge is 0.315 e. The first-order chi connectivity index (χ1) is 15.0. The van der Waals surface area contributed by atoms with Gasteiger partial charge in [-0.2, -0.15) is 0 Å². The van der Waals surface area contributed by atoms with Gasteiger partial charge in [0.15, 0.2) is 0 Å². The van der Waals surface area contributed by atoms with E-state index in [9.17, 15) is 14.0 Å². The third-order valence-corrected chi connectivity index (χ3v) is 5.27. The van der Waals surface area contributed by atoms with E-state index >= 15 is 0 Å². The Labute approximate surface area is 182 Å². The summed E-state index contributed by atoms with van der Waals surface area (Å²) in [6.45, 7) is 4.06. The van der Waals surface area contributed by atoms with Crippen molar-refractivity contribution in [2.24, 2.45) is 0 Å². The van der Waals surface area contributed by atoms with E-state index in [1.807, 2.05) is 12.1 Å². The first kappa shape index (κ1) is 22.6. The predicted molar refractivity (Wildman–Crippen MR) is 116 cm³/mol. The first-order valence-corrected chi connectivity index (χ1v) is 10.4. The molecule has 166 valence electrons. The predicted octanol–water partition coefficient (Wildman–Crippen LogP) is 2.37. The molecule has 2 N–H and O–H groups in total. The van der Waals surface area contributed by atoms with Crippen LogP contribution in [0.25, 0.3) is 0 Å². The summed E-state index contributed by atoms with van der Waals surface area (Å²) in [5.41, 5.74) is 1.99. The number of nitrogens with one attached hydrogen (secondary N) is 2. The first-order valence-electron chi connectivity index (χ1n) is 10.4. The van der Waals surface area contributed by atoms with Gasteiger partial charge in [-0.1, -0.05) is 24.3 Å². The highest BCUT2D eigenvalue weighted by Crippen LogP contribution is 2.14. The summed E-state index contributed by atoms with van der Waals surface area (Å²) in [4.78, 5) is 28.6. The fourth-order valence-corrected chi connectivity index (χ4v) is 3.48. The van der Waals surface area contributed by atoms with Crippen molar-refractivity contribution in [1.82, 2.24) is 20.4 Å². The number of benzene rings is 2. The van der Waals surface area contributed by atoms with Gasteiger partial charge in [0.25, 0.3) is 0 Å². The zero-order chi connectivity index (χ0) is 22.1. The van der Waals surface area contributed by atoms with Crippen molar-refractivity contribution in [3.8, 4) is 5.75 Å². The van der Waals surface area contributed by atoms with Gasteiger partial charge in [0.2, 0.25) is 5.91 Å². The highest BCUT2D eigenvalue weighted by molar-refractivity contribution is 5.84. The number of halogens is 1. The van der Waals surface area contributed by atoms with Gasteiger partial charge in [-0.05, 0) is 41.8 Å². The van der Waals surface area contributed by atoms with Crippen LogP contribution in [0, 0.1) is 5.82 Å². The lowest BCUT2D eigenvalue weighted by Gasteiger charge is -2.22. The van der Waals surface area contributed by atoms with Crippen LogP contribution in [0.1, 0.15) is 17.5 Å². The summed E-state index contributed by atoms with van der Waals surface area (Å²) in [6.07, 6.45) is 0.888. The van der Waals surface area contributed by atoms with Crippen molar-refractivity contribution < 1.29 is 18.7 Å². The fraction of sp³-hybridized carbons (Fsp3) is 0.391. The number of rotatable bonds is 7. The topological polar surface area (TPSA) is 73.9 Å². The number of carbonyl (C=O) groups is 2. The molecule has 2 aromatic carbocycles. The zero-order valence-electron chi connectivity index (χ0n) is 17.8. The van der Waals surface area contributed by atoms with Crippen LogP contribution >= 0.6 is 0 Å². The Morgan fingerprint density at radius 3 is 2.35 bits per heavy atom. The zero-order valence-corrected chi connectivity index (χ0v) is 17.8. The molecule has 31 heavy (non-hydrogen) atoms. The van der Waals surface area contributed by atoms with E-state index in [0.29, 0.717) is 13.1 Å². The van der Waals surface area contributed by atoms with Crippen molar-refractivity contribution in [3.05, 3.63) is 65.5 Å². The Hall–Kier alpha value is -3.13. The van der Waals surface area contributed by atoms with Crippen LogP contribution < -0.4 is 15.4 Å². The largest absolute Gasteiger partial charge is 0.497 e. The van der Waals surface area contributed by atoms with Gasteiger partial charge in [0.05, 0.1) is 13.7 Å². The van der Waals surface area contributed by atoms with E-state index in [0.717, 1.165) is 37.4 Å². The molecule has 2 aromatic rings. The molecule has 0 aromatic heterocycles. The van der Waals surface area contributed by atoms with Crippen LogP contribution in [0.3, 0.4) is 0 Å². The minimum absolute atomic E-state index is 0.0479. The van der Waals surface area contributed by atoms with Crippen molar-refractivity contribution in [1.29, 1.82) is 0 Å². The van der Waals surface area contributed by atoms with Gasteiger partial charge in [-0.15, -0.1) is 0 Å². The molecule has 1 saturated heterocycles. The summed E-state index contributed by atoms with van der Waals surface area (Å²) < 4.78 is 18.1. The molecule has 0 unspecified atom stereocenters. The van der Waals surface area contributed by atoms with E-state index in [-0.39, 0.29) is 24.8 Å². The van der Waals surface area contributed by atoms with Gasteiger partial charge < -0.3 is 20.3 Å². The minimum atomic E-state index is -0.423. The van der Waals surface area contributed by atoms with Crippen LogP contribution in [-0.2, 0) is 17.9 Å². The molecule has 0 aliphatic carbocycles. The van der Waals surface area contributed by atoms with E-state index in [4.69, 9.17) is 4.74 Å². The second kappa shape index (κ2) is 11.3. The third-order valence-electron chi connectivity index (χ3n) is 5.27. The molecule has 7 nitrogen and oxygen atoms in total. The molecule has 1 heterocycles. The van der Waals surface area contributed by atoms with Crippen molar-refractivity contribution in [2.75, 3.05) is 39.8 Å². The van der Waals surface area contributed by atoms with E-state index in [1.165, 1.54) is 17.7 Å². The standard InChI is InChI=1S/C23H29FN4O3/c1-31-21-9-5-19(6-10-21)17-27-11-2-12-28(14-13-27)22(29)16-26-23(30)25-15-18-3-7-20(24)8-4-18/h3-10H,2,11-17H2,1H3,(H2,25,26,30). The third kappa shape index (κ3) is 7.25. The lowest BCUT2D eigenvalue weighted by Crippen LogP contribution is -2.44. The van der Waals surface area contributed by atoms with E-state index in [2.05, 4.69) is 27.7 Å². The number of carbonyl (C=O) groups excluding carboxylic acids is 2. The molecule has 3 rings (SSSR count). The number of hydrogen-bond donors (Lipinski definition) is 2. The second-order valence-electron chi connectivity index (χ2n) is 7.52. The van der Waals surface area contributed by atoms with Gasteiger partial charge in [-0.3, -0.25) is 9.69 Å². The molecular formula is C23H29FN4O3. The van der Waals surface area contributed by atoms with Crippen molar-refractivity contribution >= 4 is 11.9 Å². The number of methoxy groups -OCH3 is 1. The molecule has 0 bridgehead atoms. The molecule has 0 saturated carbocycles. The Morgan fingerprint density at radius 1 is 0.935 bits per heavy atom. The number of hydrogen-bond acceptors (Lipinski definition) is 4. The summed E-state index contributed by atoms with van der Waals surface area (Å²) in [5.74, 6) is 0.424. The molecule has 8 heteroatoms. The Kier molecular flexibility index (Phi) is 8.23. The number of amides is 3. The normalized spacial score (nSPS) is 14.6. The maximum Gasteiger partial charge on any atom is 0.315 e. The van der Waals surface area contributed by atoms with Gasteiger partial charge in [-0.25, -0.2) is 9.18 Å². The Morgan fingerprint density at radius 2 is 1.65 bits per heavy atom. The number of ether oxygens (including phenoxy) is 1. The van der Waals surface area contributed by atoms with Crippen LogP contribution in [-0.4, -0.2) is 61.6 Å². The maximum atomic E-state index is 12.9. The van der Waals surface area contributed by atoms with Crippen LogP contribution in [0.15, 0.2) is 48.5 Å². The average molecular weight is 429 g/mol. The van der Waals surface area contributed by atoms with E-state index < -0.39 is 6.03 Å². The van der Waals surface area contributed by atoms with Gasteiger partial charge >= 0.3 is 6.03 Å². The fourth-order valence-electron chi connectivity index (χ4n) is 3.48. The number of urea groups is 1. The summed E-state index contributed by atoms with van der Waals surface area (Å²) in [7, 11) is 1.65. The molecule has 1 aliphatic rings. The average Bonchev–Trinajstić information content (AvgIpc) is 3.03. The number of nitrogens with zero attached hydrogens (tertiary/aromatic N) is 2. The molecular weight excluding hydrogens is 399 g/mol. The van der Waals surface area contributed by atoms with Crippen molar-refractivity contribution in [2.45, 2.75) is 19.5 Å². The lowest BCUT2D eigenvalue weighted by molar-refractivity contribution is -0.129. The highest BCUT2D eigenvalue weighted by Gasteiger charge is 2.19. The molecule has 0 radical (unpaired) electrons. The molecule has 1 aliphatic heterocycles. The van der Waals surface area contributed by atoms with Crippen LogP contribution in [0.2, 0.25) is 0 Å².